The Morgan fingerprint density at radius 2 is 1.50 bits per heavy atom. The molecule has 0 radical (unpaired) electrons. The van der Waals surface area contributed by atoms with Crippen LogP contribution >= 0.6 is 25.3 Å². The molecule has 0 aliphatic carbocycles. The summed E-state index contributed by atoms with van der Waals surface area (Å²) in [5, 5.41) is 0. The van der Waals surface area contributed by atoms with Gasteiger partial charge in [-0.25, -0.2) is 0 Å². The van der Waals surface area contributed by atoms with Gasteiger partial charge in [-0.05, 0) is 36.0 Å². The highest BCUT2D eigenvalue weighted by Crippen LogP contribution is 2.20. The van der Waals surface area contributed by atoms with E-state index in [1.54, 1.807) is 12.1 Å². The Bertz CT molecular complexity index is 394. The maximum absolute atomic E-state index is 7.53. The molecule has 0 unspecified atom stereocenters. The molecule has 0 aromatic heterocycles. The van der Waals surface area contributed by atoms with Gasteiger partial charge in [0.2, 0.25) is 0 Å². The molecular formula is C10H14S2. The molecule has 0 saturated carbocycles. The number of thiol groups is 2. The summed E-state index contributed by atoms with van der Waals surface area (Å²) in [6.07, 6.45) is 0. The van der Waals surface area contributed by atoms with Gasteiger partial charge in [0, 0.05) is 19.7 Å². The van der Waals surface area contributed by atoms with Gasteiger partial charge in [-0.3, -0.25) is 0 Å². The second-order valence-electron chi connectivity index (χ2n) is 2.45. The van der Waals surface area contributed by atoms with Crippen LogP contribution in [-0.4, -0.2) is 0 Å². The molecule has 0 nitrogen and oxygen atoms in total. The van der Waals surface area contributed by atoms with Crippen molar-refractivity contribution in [2.45, 2.75) is 25.2 Å². The molecule has 1 aromatic rings. The van der Waals surface area contributed by atoms with Crippen molar-refractivity contribution < 1.29 is 8.22 Å². The summed E-state index contributed by atoms with van der Waals surface area (Å²) in [4.78, 5) is 0. The zero-order chi connectivity index (χ0) is 14.1. The molecule has 0 atom stereocenters. The third-order valence-corrected chi connectivity index (χ3v) is 2.40. The zero-order valence-electron chi connectivity index (χ0n) is 12.5. The highest BCUT2D eigenvalue weighted by atomic mass is 32.1. The molecule has 0 aliphatic heterocycles. The first-order chi connectivity index (χ1) is 8.12. The maximum Gasteiger partial charge on any atom is 0.0280 e. The summed E-state index contributed by atoms with van der Waals surface area (Å²) in [6.45, 7) is -4.94. The highest BCUT2D eigenvalue weighted by Gasteiger charge is 2.03. The van der Waals surface area contributed by atoms with Crippen molar-refractivity contribution in [3.05, 3.63) is 34.4 Å². The topological polar surface area (TPSA) is 0 Å². The largest absolute Gasteiger partial charge is 0.175 e. The highest BCUT2D eigenvalue weighted by molar-refractivity contribution is 7.79. The van der Waals surface area contributed by atoms with Gasteiger partial charge in [-0.15, -0.1) is 0 Å². The predicted octanol–water partition coefficient (Wildman–Crippen LogP) is 3.16. The first-order valence-electron chi connectivity index (χ1n) is 6.50. The van der Waals surface area contributed by atoms with Gasteiger partial charge in [-0.1, -0.05) is 12.1 Å². The molecule has 12 heavy (non-hydrogen) atoms. The molecule has 0 heterocycles. The molecule has 0 N–H and O–H groups in total. The average Bonchev–Trinajstić information content (AvgIpc) is 2.24. The van der Waals surface area contributed by atoms with Crippen LogP contribution in [0.2, 0.25) is 0 Å². The summed E-state index contributed by atoms with van der Waals surface area (Å²) in [6, 6.07) is 3.21. The number of hydrogen-bond acceptors (Lipinski definition) is 2. The number of benzene rings is 1. The second kappa shape index (κ2) is 4.24. The van der Waals surface area contributed by atoms with Crippen molar-refractivity contribution in [3.8, 4) is 0 Å². The number of hydrogen-bond donors (Lipinski definition) is 2. The molecule has 0 saturated heterocycles. The Morgan fingerprint density at radius 1 is 1.08 bits per heavy atom. The van der Waals surface area contributed by atoms with Gasteiger partial charge in [0.05, 0.1) is 0 Å². The quantitative estimate of drug-likeness (QED) is 0.679. The SMILES string of the molecule is [2H]C([2H])([2H])c1c(CS)ccc(CS)c1C([2H])([2H])[2H]. The van der Waals surface area contributed by atoms with E-state index in [4.69, 9.17) is 8.22 Å². The average molecular weight is 204 g/mol. The first kappa shape index (κ1) is 4.43. The van der Waals surface area contributed by atoms with Crippen molar-refractivity contribution in [1.82, 2.24) is 0 Å². The van der Waals surface area contributed by atoms with E-state index in [9.17, 15) is 0 Å². The Balaban J connectivity index is 3.71. The van der Waals surface area contributed by atoms with E-state index in [1.807, 2.05) is 0 Å². The lowest BCUT2D eigenvalue weighted by molar-refractivity contribution is 1.20. The summed E-state index contributed by atoms with van der Waals surface area (Å²) >= 11 is 8.13. The molecular weight excluding hydrogens is 184 g/mol. The molecule has 0 fully saturated rings. The van der Waals surface area contributed by atoms with Gasteiger partial charge >= 0.3 is 0 Å². The fourth-order valence-electron chi connectivity index (χ4n) is 0.952. The van der Waals surface area contributed by atoms with Crippen molar-refractivity contribution in [2.24, 2.45) is 0 Å². The summed E-state index contributed by atoms with van der Waals surface area (Å²) < 4.78 is 45.2. The van der Waals surface area contributed by atoms with Crippen LogP contribution in [0.3, 0.4) is 0 Å². The molecule has 0 aliphatic rings. The van der Waals surface area contributed by atoms with Crippen molar-refractivity contribution in [1.29, 1.82) is 0 Å². The van der Waals surface area contributed by atoms with E-state index in [2.05, 4.69) is 25.3 Å². The minimum Gasteiger partial charge on any atom is -0.175 e. The van der Waals surface area contributed by atoms with E-state index in [-0.39, 0.29) is 22.6 Å². The molecule has 1 rings (SSSR count). The van der Waals surface area contributed by atoms with Crippen LogP contribution in [0.1, 0.15) is 30.5 Å². The van der Waals surface area contributed by atoms with Gasteiger partial charge in [0.1, 0.15) is 0 Å². The zero-order valence-corrected chi connectivity index (χ0v) is 8.25. The lowest BCUT2D eigenvalue weighted by Gasteiger charge is -2.10. The lowest BCUT2D eigenvalue weighted by atomic mass is 10.00. The third kappa shape index (κ3) is 1.80. The Morgan fingerprint density at radius 3 is 1.75 bits per heavy atom. The van der Waals surface area contributed by atoms with E-state index in [0.717, 1.165) is 0 Å². The van der Waals surface area contributed by atoms with E-state index in [1.165, 1.54) is 0 Å². The summed E-state index contributed by atoms with van der Waals surface area (Å²) in [7, 11) is 0. The molecule has 2 heteroatoms. The maximum atomic E-state index is 7.53. The molecule has 0 spiro atoms. The second-order valence-corrected chi connectivity index (χ2v) is 3.08. The van der Waals surface area contributed by atoms with Crippen LogP contribution in [0.5, 0.6) is 0 Å². The van der Waals surface area contributed by atoms with Crippen molar-refractivity contribution >= 4 is 25.3 Å². The third-order valence-electron chi connectivity index (χ3n) is 1.72. The predicted molar refractivity (Wildman–Crippen MR) is 61.3 cm³/mol. The van der Waals surface area contributed by atoms with Crippen LogP contribution < -0.4 is 0 Å². The lowest BCUT2D eigenvalue weighted by Crippen LogP contribution is -1.93. The number of rotatable bonds is 2. The Kier molecular flexibility index (Phi) is 1.56. The molecule has 0 bridgehead atoms. The van der Waals surface area contributed by atoms with Gasteiger partial charge in [0.25, 0.3) is 0 Å². The van der Waals surface area contributed by atoms with Crippen molar-refractivity contribution in [2.75, 3.05) is 0 Å². The van der Waals surface area contributed by atoms with E-state index >= 15 is 0 Å². The minimum absolute atomic E-state index is 0.107. The molecule has 0 amide bonds. The minimum atomic E-state index is -2.47. The van der Waals surface area contributed by atoms with E-state index < -0.39 is 13.7 Å². The van der Waals surface area contributed by atoms with Crippen LogP contribution in [0, 0.1) is 13.7 Å². The van der Waals surface area contributed by atoms with Crippen LogP contribution in [0.15, 0.2) is 12.1 Å². The summed E-state index contributed by atoms with van der Waals surface area (Å²) in [5.41, 5.74) is 0.637. The van der Waals surface area contributed by atoms with Gasteiger partial charge in [-0.2, -0.15) is 25.3 Å². The van der Waals surface area contributed by atoms with Crippen LogP contribution in [-0.2, 0) is 11.5 Å². The van der Waals surface area contributed by atoms with Crippen LogP contribution in [0.25, 0.3) is 0 Å². The molecule has 1 aromatic carbocycles. The van der Waals surface area contributed by atoms with Crippen LogP contribution in [0.4, 0.5) is 0 Å². The Labute approximate surface area is 93.6 Å². The van der Waals surface area contributed by atoms with Gasteiger partial charge < -0.3 is 0 Å². The normalized spacial score (nSPS) is 19.8. The van der Waals surface area contributed by atoms with E-state index in [0.29, 0.717) is 11.1 Å². The van der Waals surface area contributed by atoms with Gasteiger partial charge in [0.15, 0.2) is 0 Å². The monoisotopic (exact) mass is 204 g/mol. The fraction of sp³-hybridized carbons (Fsp3) is 0.400. The fourth-order valence-corrected chi connectivity index (χ4v) is 1.48. The molecule has 66 valence electrons. The first-order valence-corrected chi connectivity index (χ1v) is 4.77. The summed E-state index contributed by atoms with van der Waals surface area (Å²) in [5.74, 6) is 0.368. The Hall–Kier alpha value is -0.0800. The smallest absolute Gasteiger partial charge is 0.0280 e. The standard InChI is InChI=1S/C10H14S2/c1-7-8(2)10(6-12)4-3-9(7)5-11/h3-4,11-12H,5-6H2,1-2H3/i1D3,2D3. The van der Waals surface area contributed by atoms with Crippen molar-refractivity contribution in [3.63, 3.8) is 0 Å².